The molecule has 4 aromatic rings. The Bertz CT molecular complexity index is 1170. The monoisotopic (exact) mass is 386 g/mol. The lowest BCUT2D eigenvalue weighted by molar-refractivity contribution is -0.132. The Morgan fingerprint density at radius 2 is 2.03 bits per heavy atom. The van der Waals surface area contributed by atoms with Gasteiger partial charge in [0.2, 0.25) is 5.91 Å². The highest BCUT2D eigenvalue weighted by atomic mass is 16.5. The van der Waals surface area contributed by atoms with Crippen LogP contribution < -0.4 is 0 Å². The van der Waals surface area contributed by atoms with Crippen LogP contribution in [0.2, 0.25) is 0 Å². The summed E-state index contributed by atoms with van der Waals surface area (Å²) in [7, 11) is 0. The summed E-state index contributed by atoms with van der Waals surface area (Å²) in [6.45, 7) is 4.38. The number of pyridine rings is 1. The van der Waals surface area contributed by atoms with Crippen molar-refractivity contribution in [3.63, 3.8) is 0 Å². The number of H-pyrrole nitrogens is 1. The Morgan fingerprint density at radius 3 is 2.79 bits per heavy atom. The molecule has 0 aliphatic carbocycles. The van der Waals surface area contributed by atoms with Gasteiger partial charge in [0.25, 0.3) is 0 Å². The molecule has 0 radical (unpaired) electrons. The van der Waals surface area contributed by atoms with E-state index in [0.717, 1.165) is 34.6 Å². The highest BCUT2D eigenvalue weighted by molar-refractivity contribution is 5.87. The number of carbonyl (C=O) groups excluding carboxylic acids is 1. The fourth-order valence-corrected chi connectivity index (χ4v) is 4.36. The lowest BCUT2D eigenvalue weighted by Gasteiger charge is -2.35. The van der Waals surface area contributed by atoms with Crippen molar-refractivity contribution < 1.29 is 9.32 Å². The molecule has 0 saturated carbocycles. The minimum atomic E-state index is -0.236. The molecule has 6 nitrogen and oxygen atoms in total. The summed E-state index contributed by atoms with van der Waals surface area (Å²) in [6.07, 6.45) is 2.87. The summed E-state index contributed by atoms with van der Waals surface area (Å²) in [5.74, 6) is 0.757. The van der Waals surface area contributed by atoms with E-state index in [0.29, 0.717) is 12.3 Å². The van der Waals surface area contributed by atoms with Gasteiger partial charge >= 0.3 is 0 Å². The van der Waals surface area contributed by atoms with Crippen molar-refractivity contribution in [2.75, 3.05) is 6.54 Å². The molecule has 0 fully saturated rings. The first-order valence-corrected chi connectivity index (χ1v) is 9.85. The van der Waals surface area contributed by atoms with E-state index in [4.69, 9.17) is 4.52 Å². The standard InChI is InChI=1S/C23H22N4O2/c1-14-18(15(2)29-26-14)13-21(28)27-12-10-17-16-7-3-4-8-19(16)25-22(17)23(27)20-9-5-6-11-24-20/h3-9,11,23,25H,10,12-13H2,1-2H3. The number of hydrogen-bond donors (Lipinski definition) is 1. The summed E-state index contributed by atoms with van der Waals surface area (Å²) < 4.78 is 5.25. The lowest BCUT2D eigenvalue weighted by atomic mass is 9.94. The number of benzene rings is 1. The molecule has 1 aromatic carbocycles. The van der Waals surface area contributed by atoms with E-state index in [9.17, 15) is 4.79 Å². The fourth-order valence-electron chi connectivity index (χ4n) is 4.36. The van der Waals surface area contributed by atoms with Gasteiger partial charge in [-0.2, -0.15) is 0 Å². The van der Waals surface area contributed by atoms with Crippen molar-refractivity contribution in [1.29, 1.82) is 0 Å². The van der Waals surface area contributed by atoms with Gasteiger partial charge in [0, 0.05) is 34.9 Å². The molecule has 3 aromatic heterocycles. The number of aryl methyl sites for hydroxylation is 2. The molecule has 1 unspecified atom stereocenters. The zero-order valence-corrected chi connectivity index (χ0v) is 16.5. The largest absolute Gasteiger partial charge is 0.361 e. The molecule has 0 spiro atoms. The van der Waals surface area contributed by atoms with Gasteiger partial charge in [0.1, 0.15) is 11.8 Å². The number of hydrogen-bond acceptors (Lipinski definition) is 4. The second kappa shape index (κ2) is 6.88. The van der Waals surface area contributed by atoms with Crippen LogP contribution in [0, 0.1) is 13.8 Å². The Balaban J connectivity index is 1.59. The second-order valence-electron chi connectivity index (χ2n) is 7.54. The molecular formula is C23H22N4O2. The molecule has 0 bridgehead atoms. The van der Waals surface area contributed by atoms with E-state index in [1.54, 1.807) is 6.20 Å². The quantitative estimate of drug-likeness (QED) is 0.580. The van der Waals surface area contributed by atoms with Crippen LogP contribution in [0.3, 0.4) is 0 Å². The van der Waals surface area contributed by atoms with E-state index in [-0.39, 0.29) is 18.4 Å². The molecule has 0 saturated heterocycles. The van der Waals surface area contributed by atoms with Crippen LogP contribution in [0.15, 0.2) is 53.2 Å². The number of para-hydroxylation sites is 1. The van der Waals surface area contributed by atoms with Crippen molar-refractivity contribution in [2.24, 2.45) is 0 Å². The van der Waals surface area contributed by atoms with Crippen molar-refractivity contribution >= 4 is 16.8 Å². The maximum atomic E-state index is 13.4. The van der Waals surface area contributed by atoms with Crippen molar-refractivity contribution in [3.8, 4) is 0 Å². The Kier molecular flexibility index (Phi) is 4.19. The summed E-state index contributed by atoms with van der Waals surface area (Å²) in [4.78, 5) is 23.5. The topological polar surface area (TPSA) is 75.0 Å². The summed E-state index contributed by atoms with van der Waals surface area (Å²) in [5, 5.41) is 5.22. The SMILES string of the molecule is Cc1noc(C)c1CC(=O)N1CCc2c([nH]c3ccccc23)C1c1ccccn1. The molecular weight excluding hydrogens is 364 g/mol. The van der Waals surface area contributed by atoms with Gasteiger partial charge in [0.05, 0.1) is 17.8 Å². The van der Waals surface area contributed by atoms with Crippen LogP contribution in [0.4, 0.5) is 0 Å². The predicted octanol–water partition coefficient (Wildman–Crippen LogP) is 3.88. The van der Waals surface area contributed by atoms with E-state index in [2.05, 4.69) is 33.3 Å². The van der Waals surface area contributed by atoms with Crippen molar-refractivity contribution in [3.05, 3.63) is 82.6 Å². The van der Waals surface area contributed by atoms with Crippen LogP contribution in [0.25, 0.3) is 10.9 Å². The average molecular weight is 386 g/mol. The van der Waals surface area contributed by atoms with Crippen LogP contribution in [0.5, 0.6) is 0 Å². The first-order chi connectivity index (χ1) is 14.1. The average Bonchev–Trinajstić information content (AvgIpc) is 3.28. The maximum absolute atomic E-state index is 13.4. The molecule has 1 amide bonds. The molecule has 1 aliphatic rings. The number of aromatic amines is 1. The van der Waals surface area contributed by atoms with Gasteiger partial charge in [-0.1, -0.05) is 29.4 Å². The Labute approximate surface area is 168 Å². The number of fused-ring (bicyclic) bond motifs is 3. The molecule has 6 heteroatoms. The zero-order valence-electron chi connectivity index (χ0n) is 16.5. The molecule has 1 atom stereocenters. The summed E-state index contributed by atoms with van der Waals surface area (Å²) >= 11 is 0. The minimum absolute atomic E-state index is 0.0550. The predicted molar refractivity (Wildman–Crippen MR) is 109 cm³/mol. The molecule has 29 heavy (non-hydrogen) atoms. The van der Waals surface area contributed by atoms with E-state index >= 15 is 0 Å². The van der Waals surface area contributed by atoms with E-state index < -0.39 is 0 Å². The third kappa shape index (κ3) is 2.92. The molecule has 146 valence electrons. The Hall–Kier alpha value is -3.41. The minimum Gasteiger partial charge on any atom is -0.361 e. The smallest absolute Gasteiger partial charge is 0.228 e. The highest BCUT2D eigenvalue weighted by Crippen LogP contribution is 2.38. The fraction of sp³-hybridized carbons (Fsp3) is 0.261. The lowest BCUT2D eigenvalue weighted by Crippen LogP contribution is -2.41. The van der Waals surface area contributed by atoms with Crippen molar-refractivity contribution in [2.45, 2.75) is 32.7 Å². The number of amides is 1. The zero-order chi connectivity index (χ0) is 20.0. The first kappa shape index (κ1) is 17.7. The van der Waals surface area contributed by atoms with E-state index in [1.165, 1.54) is 10.9 Å². The normalized spacial score (nSPS) is 16.2. The molecule has 5 rings (SSSR count). The number of aromatic nitrogens is 3. The number of carbonyl (C=O) groups is 1. The van der Waals surface area contributed by atoms with Gasteiger partial charge in [-0.25, -0.2) is 0 Å². The number of nitrogens with zero attached hydrogens (tertiary/aromatic N) is 3. The van der Waals surface area contributed by atoms with Gasteiger partial charge < -0.3 is 14.4 Å². The summed E-state index contributed by atoms with van der Waals surface area (Å²) in [5.41, 5.74) is 5.94. The number of nitrogens with one attached hydrogen (secondary N) is 1. The maximum Gasteiger partial charge on any atom is 0.228 e. The van der Waals surface area contributed by atoms with Gasteiger partial charge in [-0.05, 0) is 44.0 Å². The van der Waals surface area contributed by atoms with Crippen LogP contribution in [-0.4, -0.2) is 32.5 Å². The Morgan fingerprint density at radius 1 is 1.21 bits per heavy atom. The first-order valence-electron chi connectivity index (χ1n) is 9.85. The third-order valence-corrected chi connectivity index (χ3v) is 5.83. The third-order valence-electron chi connectivity index (χ3n) is 5.83. The van der Waals surface area contributed by atoms with Gasteiger partial charge in [-0.3, -0.25) is 9.78 Å². The van der Waals surface area contributed by atoms with E-state index in [1.807, 2.05) is 43.0 Å². The molecule has 1 N–H and O–H groups in total. The molecule has 4 heterocycles. The van der Waals surface area contributed by atoms with Crippen LogP contribution in [0.1, 0.15) is 40.0 Å². The molecule has 1 aliphatic heterocycles. The highest BCUT2D eigenvalue weighted by Gasteiger charge is 2.35. The van der Waals surface area contributed by atoms with Crippen molar-refractivity contribution in [1.82, 2.24) is 20.0 Å². The van der Waals surface area contributed by atoms with Gasteiger partial charge in [0.15, 0.2) is 0 Å². The number of rotatable bonds is 3. The van der Waals surface area contributed by atoms with Gasteiger partial charge in [-0.15, -0.1) is 0 Å². The van der Waals surface area contributed by atoms with Crippen LogP contribution in [-0.2, 0) is 17.6 Å². The summed E-state index contributed by atoms with van der Waals surface area (Å²) in [6, 6.07) is 13.9. The second-order valence-corrected chi connectivity index (χ2v) is 7.54. The van der Waals surface area contributed by atoms with Crippen LogP contribution >= 0.6 is 0 Å².